The first-order valence-corrected chi connectivity index (χ1v) is 13.5. The highest BCUT2D eigenvalue weighted by molar-refractivity contribution is 7.78. The Morgan fingerprint density at radius 1 is 1.12 bits per heavy atom. The molecular formula is C26H43NO4S. The van der Waals surface area contributed by atoms with E-state index in [0.717, 1.165) is 25.2 Å². The van der Waals surface area contributed by atoms with E-state index >= 15 is 0 Å². The Morgan fingerprint density at radius 3 is 2.56 bits per heavy atom. The largest absolute Gasteiger partial charge is 0.481 e. The molecule has 3 N–H and O–H groups in total. The number of aliphatic hydroxyl groups is 1. The molecule has 4 aliphatic carbocycles. The minimum absolute atomic E-state index is 0.000749. The van der Waals surface area contributed by atoms with E-state index in [1.165, 1.54) is 44.1 Å². The van der Waals surface area contributed by atoms with Crippen molar-refractivity contribution >= 4 is 23.7 Å². The lowest BCUT2D eigenvalue weighted by Gasteiger charge is -2.61. The minimum Gasteiger partial charge on any atom is -0.481 e. The minimum atomic E-state index is -0.701. The number of hydrogen-bond donors (Lipinski definition) is 3. The van der Waals surface area contributed by atoms with Gasteiger partial charge in [-0.1, -0.05) is 33.6 Å². The third-order valence-electron chi connectivity index (χ3n) is 10.5. The summed E-state index contributed by atoms with van der Waals surface area (Å²) in [4.78, 5) is 12.5. The molecule has 9 atom stereocenters. The summed E-state index contributed by atoms with van der Waals surface area (Å²) in [5, 5.41) is 23.9. The van der Waals surface area contributed by atoms with E-state index in [0.29, 0.717) is 29.6 Å². The van der Waals surface area contributed by atoms with E-state index in [9.17, 15) is 15.0 Å². The molecule has 182 valence electrons. The molecule has 6 heteroatoms. The van der Waals surface area contributed by atoms with Crippen LogP contribution in [0.15, 0.2) is 0 Å². The summed E-state index contributed by atoms with van der Waals surface area (Å²) in [6.45, 7) is 6.69. The summed E-state index contributed by atoms with van der Waals surface area (Å²) >= 11 is 5.13. The first kappa shape index (κ1) is 24.4. The second kappa shape index (κ2) is 9.50. The topological polar surface area (TPSA) is 78.8 Å². The highest BCUT2D eigenvalue weighted by atomic mass is 32.1. The van der Waals surface area contributed by atoms with Crippen LogP contribution < -0.4 is 5.32 Å². The van der Waals surface area contributed by atoms with Gasteiger partial charge in [0.05, 0.1) is 12.5 Å². The zero-order valence-electron chi connectivity index (χ0n) is 20.1. The fourth-order valence-electron chi connectivity index (χ4n) is 8.91. The number of aliphatic carboxylic acids is 1. The van der Waals surface area contributed by atoms with Gasteiger partial charge in [0.25, 0.3) is 0 Å². The SMILES string of the molecule is CC(C)C(CO)NC(OC=S)[C@]12CC[C@H]3[C@@H](CCC4CCCC[C@@]43C)[C@@H]1CCC2C(=O)O. The fourth-order valence-corrected chi connectivity index (χ4v) is 9.02. The normalized spacial score (nSPS) is 43.0. The number of fused-ring (bicyclic) bond motifs is 5. The molecule has 0 aromatic rings. The number of carboxylic acid groups (broad SMARTS) is 1. The summed E-state index contributed by atoms with van der Waals surface area (Å²) in [7, 11) is 0. The molecule has 0 radical (unpaired) electrons. The summed E-state index contributed by atoms with van der Waals surface area (Å²) in [6, 6.07) is -0.149. The number of rotatable bonds is 8. The summed E-state index contributed by atoms with van der Waals surface area (Å²) < 4.78 is 6.06. The van der Waals surface area contributed by atoms with Crippen LogP contribution in [0.1, 0.15) is 85.0 Å². The lowest BCUT2D eigenvalue weighted by Crippen LogP contribution is -2.62. The van der Waals surface area contributed by atoms with Crippen LogP contribution in [-0.4, -0.2) is 40.6 Å². The molecule has 0 aliphatic heterocycles. The van der Waals surface area contributed by atoms with Crippen molar-refractivity contribution in [2.45, 2.75) is 97.2 Å². The monoisotopic (exact) mass is 465 g/mol. The van der Waals surface area contributed by atoms with Crippen molar-refractivity contribution in [1.29, 1.82) is 0 Å². The lowest BCUT2D eigenvalue weighted by molar-refractivity contribution is -0.173. The van der Waals surface area contributed by atoms with Gasteiger partial charge in [-0.25, -0.2) is 0 Å². The average molecular weight is 466 g/mol. The van der Waals surface area contributed by atoms with Crippen molar-refractivity contribution in [3.63, 3.8) is 0 Å². The zero-order chi connectivity index (χ0) is 23.1. The first-order chi connectivity index (χ1) is 15.3. The van der Waals surface area contributed by atoms with Gasteiger partial charge in [0.15, 0.2) is 6.23 Å². The lowest BCUT2D eigenvalue weighted by atomic mass is 9.44. The van der Waals surface area contributed by atoms with E-state index in [1.807, 2.05) is 0 Å². The Kier molecular flexibility index (Phi) is 7.24. The van der Waals surface area contributed by atoms with Gasteiger partial charge in [-0.2, -0.15) is 0 Å². The molecule has 0 amide bonds. The van der Waals surface area contributed by atoms with Crippen molar-refractivity contribution < 1.29 is 19.7 Å². The van der Waals surface area contributed by atoms with Gasteiger partial charge in [0.2, 0.25) is 0 Å². The van der Waals surface area contributed by atoms with Crippen molar-refractivity contribution in [3.8, 4) is 0 Å². The molecule has 4 fully saturated rings. The van der Waals surface area contributed by atoms with Gasteiger partial charge in [0.1, 0.15) is 5.55 Å². The van der Waals surface area contributed by atoms with Crippen LogP contribution in [0, 0.1) is 46.3 Å². The molecule has 0 aromatic heterocycles. The molecule has 4 unspecified atom stereocenters. The van der Waals surface area contributed by atoms with Crippen LogP contribution >= 0.6 is 12.2 Å². The summed E-state index contributed by atoms with van der Waals surface area (Å²) in [5.41, 5.74) is 1.25. The van der Waals surface area contributed by atoms with E-state index in [-0.39, 0.29) is 18.6 Å². The van der Waals surface area contributed by atoms with Crippen LogP contribution in [0.2, 0.25) is 0 Å². The Labute approximate surface area is 199 Å². The first-order valence-electron chi connectivity index (χ1n) is 13.0. The van der Waals surface area contributed by atoms with Crippen molar-refractivity contribution in [3.05, 3.63) is 0 Å². The van der Waals surface area contributed by atoms with Crippen molar-refractivity contribution in [2.75, 3.05) is 6.61 Å². The van der Waals surface area contributed by atoms with Crippen molar-refractivity contribution in [1.82, 2.24) is 5.32 Å². The summed E-state index contributed by atoms with van der Waals surface area (Å²) in [6.07, 6.45) is 11.1. The van der Waals surface area contributed by atoms with Gasteiger partial charge < -0.3 is 14.9 Å². The maximum Gasteiger partial charge on any atom is 0.307 e. The molecule has 0 aromatic carbocycles. The predicted molar refractivity (Wildman–Crippen MR) is 129 cm³/mol. The smallest absolute Gasteiger partial charge is 0.307 e. The van der Waals surface area contributed by atoms with E-state index < -0.39 is 23.5 Å². The van der Waals surface area contributed by atoms with Crippen molar-refractivity contribution in [2.24, 2.45) is 46.3 Å². The maximum atomic E-state index is 12.5. The maximum absolute atomic E-state index is 12.5. The standard InChI is InChI=1S/C26H43NO4S/c1-16(2)22(14-28)27-24(31-15-32)26-13-11-19-18(20(26)9-10-21(26)23(29)30)8-7-17-6-4-5-12-25(17,19)3/h15-22,24,27-28H,4-14H2,1-3H3,(H,29,30)/t17?,18-,19+,20+,21?,22?,24?,25+,26-/m1/s1. The molecule has 4 saturated carbocycles. The predicted octanol–water partition coefficient (Wildman–Crippen LogP) is 5.01. The second-order valence-electron chi connectivity index (χ2n) is 11.8. The Balaban J connectivity index is 1.70. The third kappa shape index (κ3) is 3.82. The van der Waals surface area contributed by atoms with Gasteiger partial charge in [-0.05, 0) is 98.6 Å². The Bertz CT molecular complexity index is 701. The number of carboxylic acids is 1. The van der Waals surface area contributed by atoms with Crippen LogP contribution in [0.25, 0.3) is 0 Å². The average Bonchev–Trinajstić information content (AvgIpc) is 3.17. The molecule has 4 aliphatic rings. The molecule has 0 spiro atoms. The van der Waals surface area contributed by atoms with E-state index in [4.69, 9.17) is 17.0 Å². The molecule has 5 nitrogen and oxygen atoms in total. The van der Waals surface area contributed by atoms with E-state index in [2.05, 4.69) is 26.1 Å². The number of aliphatic hydroxyl groups excluding tert-OH is 1. The number of thiocarbonyl (C=S) groups is 1. The number of hydrogen-bond acceptors (Lipinski definition) is 5. The van der Waals surface area contributed by atoms with E-state index in [1.54, 1.807) is 0 Å². The van der Waals surface area contributed by atoms with Crippen LogP contribution in [0.4, 0.5) is 0 Å². The van der Waals surface area contributed by atoms with Crippen LogP contribution in [0.5, 0.6) is 0 Å². The van der Waals surface area contributed by atoms with Crippen LogP contribution in [0.3, 0.4) is 0 Å². The number of carbonyl (C=O) groups is 1. The van der Waals surface area contributed by atoms with Gasteiger partial charge in [0, 0.05) is 11.5 Å². The Hall–Kier alpha value is -0.720. The highest BCUT2D eigenvalue weighted by Gasteiger charge is 2.66. The third-order valence-corrected chi connectivity index (χ3v) is 10.6. The Morgan fingerprint density at radius 2 is 1.91 bits per heavy atom. The van der Waals surface area contributed by atoms with Crippen LogP contribution in [-0.2, 0) is 9.53 Å². The molecule has 32 heavy (non-hydrogen) atoms. The highest BCUT2D eigenvalue weighted by Crippen LogP contribution is 2.68. The quantitative estimate of drug-likeness (QED) is 0.346. The molecule has 0 bridgehead atoms. The molecule has 0 heterocycles. The second-order valence-corrected chi connectivity index (χ2v) is 12.0. The number of ether oxygens (including phenoxy) is 1. The number of nitrogens with one attached hydrogen (secondary N) is 1. The van der Waals surface area contributed by atoms with Gasteiger partial charge in [-0.3, -0.25) is 10.1 Å². The molecular weight excluding hydrogens is 422 g/mol. The molecule has 4 rings (SSSR count). The van der Waals surface area contributed by atoms with Gasteiger partial charge in [-0.15, -0.1) is 0 Å². The molecule has 0 saturated heterocycles. The zero-order valence-corrected chi connectivity index (χ0v) is 20.9. The van der Waals surface area contributed by atoms with Gasteiger partial charge >= 0.3 is 5.97 Å². The fraction of sp³-hybridized carbons (Fsp3) is 0.923. The summed E-state index contributed by atoms with van der Waals surface area (Å²) in [5.74, 6) is 1.52.